The fraction of sp³-hybridized carbons (Fsp3) is 0.515. The number of urea groups is 1. The van der Waals surface area contributed by atoms with Gasteiger partial charge >= 0.3 is 24.5 Å². The summed E-state index contributed by atoms with van der Waals surface area (Å²) in [5.41, 5.74) is -1.71. The lowest BCUT2D eigenvalue weighted by Gasteiger charge is -2.41. The van der Waals surface area contributed by atoms with Crippen LogP contribution in [0.5, 0.6) is 0 Å². The summed E-state index contributed by atoms with van der Waals surface area (Å²) in [6.07, 6.45) is -7.40. The number of nitrogens with zero attached hydrogens (tertiary/aromatic N) is 2. The zero-order chi connectivity index (χ0) is 34.8. The topological polar surface area (TPSA) is 61.9 Å². The molecule has 6 nitrogen and oxygen atoms in total. The van der Waals surface area contributed by atoms with E-state index in [0.717, 1.165) is 10.5 Å². The van der Waals surface area contributed by atoms with E-state index in [0.29, 0.717) is 42.5 Å². The van der Waals surface area contributed by atoms with Gasteiger partial charge in [-0.05, 0) is 108 Å². The smallest absolute Gasteiger partial charge is 0.416 e. The predicted octanol–water partition coefficient (Wildman–Crippen LogP) is 9.35. The second-order valence-electron chi connectivity index (χ2n) is 12.7. The lowest BCUT2D eigenvalue weighted by atomic mass is 9.88. The van der Waals surface area contributed by atoms with Crippen molar-refractivity contribution in [2.24, 2.45) is 0 Å². The average molecular weight is 660 g/mol. The highest BCUT2D eigenvalue weighted by molar-refractivity contribution is 5.76. The normalized spacial score (nSPS) is 18.3. The van der Waals surface area contributed by atoms with Crippen molar-refractivity contribution in [3.63, 3.8) is 0 Å². The Hall–Kier alpha value is -3.77. The summed E-state index contributed by atoms with van der Waals surface area (Å²) < 4.78 is 100. The van der Waals surface area contributed by atoms with E-state index in [1.807, 2.05) is 13.0 Å². The third-order valence-corrected chi connectivity index (χ3v) is 7.84. The molecule has 2 aromatic rings. The SMILES string of the molecule is Cc1cc(F)ccc1[C@H]1CC(=CCC(C)NC(=O)OC(C)(C)C)CCN1C(=O)N(C)[C@H](C)c1cc(C(F)(F)F)cc(C(F)(F)F)c1. The van der Waals surface area contributed by atoms with Gasteiger partial charge in [-0.1, -0.05) is 17.7 Å². The molecule has 2 aromatic carbocycles. The Labute approximate surface area is 264 Å². The van der Waals surface area contributed by atoms with E-state index in [1.165, 1.54) is 31.0 Å². The molecule has 0 spiro atoms. The van der Waals surface area contributed by atoms with E-state index in [4.69, 9.17) is 4.74 Å². The zero-order valence-corrected chi connectivity index (χ0v) is 26.9. The molecule has 0 aromatic heterocycles. The number of amides is 3. The van der Waals surface area contributed by atoms with Crippen LogP contribution in [0, 0.1) is 12.7 Å². The fourth-order valence-electron chi connectivity index (χ4n) is 5.31. The van der Waals surface area contributed by atoms with E-state index in [2.05, 4.69) is 5.32 Å². The van der Waals surface area contributed by atoms with Crippen LogP contribution in [0.4, 0.5) is 40.3 Å². The Morgan fingerprint density at radius 1 is 1.02 bits per heavy atom. The number of ether oxygens (including phenoxy) is 1. The van der Waals surface area contributed by atoms with Gasteiger partial charge in [0.1, 0.15) is 11.4 Å². The summed E-state index contributed by atoms with van der Waals surface area (Å²) in [4.78, 5) is 28.7. The number of hydrogen-bond donors (Lipinski definition) is 1. The maximum atomic E-state index is 14.0. The van der Waals surface area contributed by atoms with Gasteiger partial charge in [0.25, 0.3) is 0 Å². The van der Waals surface area contributed by atoms with Gasteiger partial charge < -0.3 is 19.9 Å². The monoisotopic (exact) mass is 659 g/mol. The summed E-state index contributed by atoms with van der Waals surface area (Å²) in [5, 5.41) is 2.77. The third kappa shape index (κ3) is 9.62. The Balaban J connectivity index is 1.89. The lowest BCUT2D eigenvalue weighted by Crippen LogP contribution is -2.46. The number of rotatable bonds is 6. The van der Waals surface area contributed by atoms with Crippen LogP contribution in [0.15, 0.2) is 48.0 Å². The number of benzene rings is 2. The molecule has 1 fully saturated rings. The number of halogens is 7. The van der Waals surface area contributed by atoms with Gasteiger partial charge in [-0.3, -0.25) is 0 Å². The highest BCUT2D eigenvalue weighted by Gasteiger charge is 2.39. The van der Waals surface area contributed by atoms with Gasteiger partial charge in [-0.2, -0.15) is 26.3 Å². The first-order chi connectivity index (χ1) is 21.1. The molecule has 3 rings (SSSR count). The van der Waals surface area contributed by atoms with Crippen LogP contribution in [-0.2, 0) is 17.1 Å². The van der Waals surface area contributed by atoms with E-state index in [9.17, 15) is 40.3 Å². The van der Waals surface area contributed by atoms with Crippen molar-refractivity contribution in [1.82, 2.24) is 15.1 Å². The van der Waals surface area contributed by atoms with Gasteiger partial charge in [0.05, 0.1) is 23.2 Å². The highest BCUT2D eigenvalue weighted by Crippen LogP contribution is 2.40. The molecule has 254 valence electrons. The minimum absolute atomic E-state index is 0.0494. The third-order valence-electron chi connectivity index (χ3n) is 7.84. The quantitative estimate of drug-likeness (QED) is 0.248. The van der Waals surface area contributed by atoms with Crippen LogP contribution in [0.1, 0.15) is 93.8 Å². The van der Waals surface area contributed by atoms with E-state index >= 15 is 0 Å². The molecule has 3 amide bonds. The molecule has 1 saturated heterocycles. The van der Waals surface area contributed by atoms with Crippen molar-refractivity contribution in [2.45, 2.75) is 96.9 Å². The molecule has 13 heteroatoms. The Kier molecular flexibility index (Phi) is 11.1. The van der Waals surface area contributed by atoms with Crippen LogP contribution >= 0.6 is 0 Å². The van der Waals surface area contributed by atoms with Crippen molar-refractivity contribution < 1.29 is 45.1 Å². The zero-order valence-electron chi connectivity index (χ0n) is 26.9. The molecule has 0 aliphatic carbocycles. The minimum Gasteiger partial charge on any atom is -0.444 e. The van der Waals surface area contributed by atoms with Crippen molar-refractivity contribution in [2.75, 3.05) is 13.6 Å². The first kappa shape index (κ1) is 36.7. The van der Waals surface area contributed by atoms with Crippen LogP contribution in [0.3, 0.4) is 0 Å². The molecule has 1 unspecified atom stereocenters. The molecule has 46 heavy (non-hydrogen) atoms. The highest BCUT2D eigenvalue weighted by atomic mass is 19.4. The van der Waals surface area contributed by atoms with Crippen molar-refractivity contribution in [3.05, 3.63) is 81.7 Å². The molecule has 0 saturated carbocycles. The summed E-state index contributed by atoms with van der Waals surface area (Å²) in [6, 6.07) is 2.83. The first-order valence-electron chi connectivity index (χ1n) is 14.8. The first-order valence-corrected chi connectivity index (χ1v) is 14.8. The number of alkyl carbamates (subject to hydrolysis) is 1. The Morgan fingerprint density at radius 3 is 2.13 bits per heavy atom. The molecule has 0 bridgehead atoms. The number of nitrogens with one attached hydrogen (secondary N) is 1. The average Bonchev–Trinajstić information content (AvgIpc) is 2.92. The number of piperidine rings is 1. The Morgan fingerprint density at radius 2 is 1.61 bits per heavy atom. The number of alkyl halides is 6. The lowest BCUT2D eigenvalue weighted by molar-refractivity contribution is -0.143. The van der Waals surface area contributed by atoms with Crippen molar-refractivity contribution in [1.29, 1.82) is 0 Å². The molecule has 1 heterocycles. The van der Waals surface area contributed by atoms with Crippen LogP contribution in [-0.4, -0.2) is 47.2 Å². The molecular formula is C33H40F7N3O3. The predicted molar refractivity (Wildman–Crippen MR) is 159 cm³/mol. The van der Waals surface area contributed by atoms with Crippen LogP contribution < -0.4 is 5.32 Å². The molecule has 1 aliphatic rings. The van der Waals surface area contributed by atoms with Gasteiger partial charge in [0, 0.05) is 19.6 Å². The standard InChI is InChI=1S/C33H40F7N3O3/c1-19-14-26(34)10-11-27(19)28-15-22(9-8-20(2)41-29(44)46-31(4,5)6)12-13-43(28)30(45)42(7)21(3)23-16-24(32(35,36)37)18-25(17-23)33(38,39)40/h9-11,14,16-18,20-21,28H,8,12-13,15H2,1-7H3,(H,41,44)/t20?,21-,28-/m1/s1. The van der Waals surface area contributed by atoms with Gasteiger partial charge in [0.15, 0.2) is 0 Å². The molecule has 1 aliphatic heterocycles. The van der Waals surface area contributed by atoms with E-state index in [-0.39, 0.29) is 24.2 Å². The fourth-order valence-corrected chi connectivity index (χ4v) is 5.31. The van der Waals surface area contributed by atoms with Crippen LogP contribution in [0.2, 0.25) is 0 Å². The van der Waals surface area contributed by atoms with Crippen molar-refractivity contribution in [3.8, 4) is 0 Å². The van der Waals surface area contributed by atoms with Gasteiger partial charge in [-0.25, -0.2) is 14.0 Å². The summed E-state index contributed by atoms with van der Waals surface area (Å²) in [6.45, 7) is 10.3. The van der Waals surface area contributed by atoms with Gasteiger partial charge in [-0.15, -0.1) is 0 Å². The second kappa shape index (κ2) is 13.9. The minimum atomic E-state index is -5.03. The number of carbonyl (C=O) groups excluding carboxylic acids is 2. The summed E-state index contributed by atoms with van der Waals surface area (Å²) in [7, 11) is 1.32. The van der Waals surface area contributed by atoms with E-state index in [1.54, 1.807) is 33.8 Å². The van der Waals surface area contributed by atoms with Crippen LogP contribution in [0.25, 0.3) is 0 Å². The number of aryl methyl sites for hydroxylation is 1. The van der Waals surface area contributed by atoms with E-state index < -0.39 is 59.1 Å². The second-order valence-corrected chi connectivity index (χ2v) is 12.7. The van der Waals surface area contributed by atoms with Crippen molar-refractivity contribution >= 4 is 12.1 Å². The molecule has 3 atom stereocenters. The molecular weight excluding hydrogens is 619 g/mol. The summed E-state index contributed by atoms with van der Waals surface area (Å²) in [5.74, 6) is -0.469. The summed E-state index contributed by atoms with van der Waals surface area (Å²) >= 11 is 0. The van der Waals surface area contributed by atoms with Gasteiger partial charge in [0.2, 0.25) is 0 Å². The molecule has 0 radical (unpaired) electrons. The maximum absolute atomic E-state index is 14.0. The number of likely N-dealkylation sites (tertiary alicyclic amines) is 1. The maximum Gasteiger partial charge on any atom is 0.416 e. The molecule has 1 N–H and O–H groups in total. The number of carbonyl (C=O) groups is 2. The Bertz CT molecular complexity index is 1420. The largest absolute Gasteiger partial charge is 0.444 e. The number of hydrogen-bond acceptors (Lipinski definition) is 3.